The zero-order valence-corrected chi connectivity index (χ0v) is 13.3. The molecule has 0 saturated heterocycles. The molecule has 2 N–H and O–H groups in total. The number of nitrogens with zero attached hydrogens (tertiary/aromatic N) is 1. The van der Waals surface area contributed by atoms with Crippen LogP contribution < -0.4 is 0 Å². The van der Waals surface area contributed by atoms with Gasteiger partial charge in [-0.1, -0.05) is 12.1 Å². The van der Waals surface area contributed by atoms with Gasteiger partial charge in [0.25, 0.3) is 0 Å². The third kappa shape index (κ3) is 2.71. The van der Waals surface area contributed by atoms with Crippen LogP contribution in [0.25, 0.3) is 22.2 Å². The first kappa shape index (κ1) is 16.0. The second-order valence-electron chi connectivity index (χ2n) is 5.82. The number of aromatic nitrogens is 2. The van der Waals surface area contributed by atoms with Gasteiger partial charge >= 0.3 is 0 Å². The normalized spacial score (nSPS) is 11.0. The van der Waals surface area contributed by atoms with E-state index in [1.807, 2.05) is 0 Å². The molecule has 4 aromatic rings. The summed E-state index contributed by atoms with van der Waals surface area (Å²) in [6.07, 6.45) is 3.00. The number of aromatic hydroxyl groups is 1. The van der Waals surface area contributed by atoms with Crippen molar-refractivity contribution in [3.05, 3.63) is 83.7 Å². The topological polar surface area (TPSA) is 66.0 Å². The highest BCUT2D eigenvalue weighted by molar-refractivity contribution is 6.18. The molecule has 0 radical (unpaired) electrons. The van der Waals surface area contributed by atoms with Crippen molar-refractivity contribution in [2.45, 2.75) is 0 Å². The van der Waals surface area contributed by atoms with Crippen LogP contribution in [0.2, 0.25) is 0 Å². The quantitative estimate of drug-likeness (QED) is 0.537. The van der Waals surface area contributed by atoms with Gasteiger partial charge in [0.2, 0.25) is 0 Å². The molecule has 0 atom stereocenters. The van der Waals surface area contributed by atoms with E-state index < -0.39 is 11.6 Å². The van der Waals surface area contributed by atoms with E-state index >= 15 is 0 Å². The van der Waals surface area contributed by atoms with Gasteiger partial charge in [0.05, 0.1) is 5.56 Å². The van der Waals surface area contributed by atoms with Crippen molar-refractivity contribution in [1.29, 1.82) is 0 Å². The number of nitrogens with one attached hydrogen (secondary N) is 1. The second kappa shape index (κ2) is 6.07. The predicted molar refractivity (Wildman–Crippen MR) is 93.0 cm³/mol. The monoisotopic (exact) mass is 350 g/mol. The highest BCUT2D eigenvalue weighted by Crippen LogP contribution is 2.32. The highest BCUT2D eigenvalue weighted by Gasteiger charge is 2.19. The number of fused-ring (bicyclic) bond motifs is 1. The lowest BCUT2D eigenvalue weighted by Crippen LogP contribution is -2.01. The lowest BCUT2D eigenvalue weighted by atomic mass is 9.97. The predicted octanol–water partition coefficient (Wildman–Crippen LogP) is 4.44. The van der Waals surface area contributed by atoms with Gasteiger partial charge in [0.15, 0.2) is 5.78 Å². The smallest absolute Gasteiger partial charge is 0.195 e. The fourth-order valence-corrected chi connectivity index (χ4v) is 2.99. The van der Waals surface area contributed by atoms with Crippen molar-refractivity contribution >= 4 is 16.8 Å². The Morgan fingerprint density at radius 1 is 1.04 bits per heavy atom. The van der Waals surface area contributed by atoms with Crippen LogP contribution in [0.1, 0.15) is 15.9 Å². The fourth-order valence-electron chi connectivity index (χ4n) is 2.99. The summed E-state index contributed by atoms with van der Waals surface area (Å²) in [5, 5.41) is 10.1. The first-order valence-corrected chi connectivity index (χ1v) is 7.79. The van der Waals surface area contributed by atoms with E-state index in [1.54, 1.807) is 18.2 Å². The number of carbonyl (C=O) groups is 1. The number of halogens is 2. The van der Waals surface area contributed by atoms with Crippen molar-refractivity contribution in [3.8, 4) is 16.9 Å². The Labute approximate surface area is 146 Å². The molecular formula is C20H12F2N2O2. The molecule has 0 bridgehead atoms. The summed E-state index contributed by atoms with van der Waals surface area (Å²) in [7, 11) is 0. The molecule has 4 nitrogen and oxygen atoms in total. The molecule has 2 aromatic heterocycles. The number of phenols is 1. The molecule has 0 aliphatic heterocycles. The summed E-state index contributed by atoms with van der Waals surface area (Å²) in [4.78, 5) is 20.0. The van der Waals surface area contributed by atoms with Crippen molar-refractivity contribution in [2.75, 3.05) is 0 Å². The highest BCUT2D eigenvalue weighted by atomic mass is 19.1. The number of H-pyrrole nitrogens is 1. The Hall–Kier alpha value is -3.54. The molecule has 0 unspecified atom stereocenters. The van der Waals surface area contributed by atoms with E-state index in [-0.39, 0.29) is 11.5 Å². The average molecular weight is 350 g/mol. The minimum Gasteiger partial charge on any atom is -0.508 e. The van der Waals surface area contributed by atoms with Crippen molar-refractivity contribution in [3.63, 3.8) is 0 Å². The molecule has 4 rings (SSSR count). The van der Waals surface area contributed by atoms with Crippen LogP contribution >= 0.6 is 0 Å². The van der Waals surface area contributed by atoms with Gasteiger partial charge in [-0.15, -0.1) is 0 Å². The van der Waals surface area contributed by atoms with E-state index in [4.69, 9.17) is 0 Å². The van der Waals surface area contributed by atoms with Crippen LogP contribution in [-0.4, -0.2) is 20.9 Å². The van der Waals surface area contributed by atoms with Gasteiger partial charge in [0.1, 0.15) is 23.0 Å². The molecule has 6 heteroatoms. The average Bonchev–Trinajstić information content (AvgIpc) is 3.04. The number of aromatic amines is 1. The maximum Gasteiger partial charge on any atom is 0.195 e. The Kier molecular flexibility index (Phi) is 3.73. The van der Waals surface area contributed by atoms with Crippen LogP contribution in [0.3, 0.4) is 0 Å². The number of hydrogen-bond donors (Lipinski definition) is 2. The van der Waals surface area contributed by atoms with Gasteiger partial charge in [-0.3, -0.25) is 4.79 Å². The number of hydrogen-bond acceptors (Lipinski definition) is 3. The Morgan fingerprint density at radius 3 is 2.54 bits per heavy atom. The van der Waals surface area contributed by atoms with Crippen LogP contribution in [0.4, 0.5) is 8.78 Å². The van der Waals surface area contributed by atoms with Crippen LogP contribution in [0, 0.1) is 11.6 Å². The fraction of sp³-hybridized carbons (Fsp3) is 0. The lowest BCUT2D eigenvalue weighted by molar-refractivity contribution is 0.104. The summed E-state index contributed by atoms with van der Waals surface area (Å²) in [5.41, 5.74) is 1.82. The van der Waals surface area contributed by atoms with Crippen molar-refractivity contribution in [1.82, 2.24) is 9.97 Å². The number of pyridine rings is 1. The first-order valence-electron chi connectivity index (χ1n) is 7.79. The van der Waals surface area contributed by atoms with E-state index in [9.17, 15) is 18.7 Å². The molecule has 0 saturated carbocycles. The van der Waals surface area contributed by atoms with Gasteiger partial charge in [-0.25, -0.2) is 13.8 Å². The molecule has 128 valence electrons. The second-order valence-corrected chi connectivity index (χ2v) is 5.82. The molecule has 0 aliphatic carbocycles. The molecule has 2 aromatic carbocycles. The molecule has 0 amide bonds. The lowest BCUT2D eigenvalue weighted by Gasteiger charge is -2.07. The van der Waals surface area contributed by atoms with Crippen molar-refractivity contribution < 1.29 is 18.7 Å². The zero-order valence-electron chi connectivity index (χ0n) is 13.3. The summed E-state index contributed by atoms with van der Waals surface area (Å²) in [6.45, 7) is 0. The molecular weight excluding hydrogens is 338 g/mol. The van der Waals surface area contributed by atoms with Crippen molar-refractivity contribution in [2.24, 2.45) is 0 Å². The van der Waals surface area contributed by atoms with E-state index in [0.717, 1.165) is 6.07 Å². The molecule has 2 heterocycles. The van der Waals surface area contributed by atoms with Crippen LogP contribution in [-0.2, 0) is 0 Å². The third-order valence-corrected chi connectivity index (χ3v) is 4.10. The maximum absolute atomic E-state index is 13.7. The van der Waals surface area contributed by atoms with Gasteiger partial charge < -0.3 is 10.1 Å². The zero-order chi connectivity index (χ0) is 18.3. The third-order valence-electron chi connectivity index (χ3n) is 4.10. The van der Waals surface area contributed by atoms with Crippen LogP contribution in [0.15, 0.2) is 60.9 Å². The number of rotatable bonds is 3. The van der Waals surface area contributed by atoms with Crippen LogP contribution in [0.5, 0.6) is 5.75 Å². The Morgan fingerprint density at radius 2 is 1.81 bits per heavy atom. The minimum atomic E-state index is -0.707. The number of ketones is 1. The maximum atomic E-state index is 13.7. The largest absolute Gasteiger partial charge is 0.508 e. The summed E-state index contributed by atoms with van der Waals surface area (Å²) < 4.78 is 27.3. The molecule has 0 fully saturated rings. The van der Waals surface area contributed by atoms with Gasteiger partial charge in [0, 0.05) is 29.4 Å². The SMILES string of the molecule is O=C(c1cccc(O)c1)c1c[nH]c2nccc(-c3cc(F)cc(F)c3)c12. The Bertz CT molecular complexity index is 1130. The Balaban J connectivity index is 1.94. The van der Waals surface area contributed by atoms with E-state index in [2.05, 4.69) is 9.97 Å². The summed E-state index contributed by atoms with van der Waals surface area (Å²) in [5.74, 6) is -1.78. The molecule has 0 aliphatic rings. The molecule has 26 heavy (non-hydrogen) atoms. The van der Waals surface area contributed by atoms with E-state index in [1.165, 1.54) is 36.7 Å². The van der Waals surface area contributed by atoms with E-state index in [0.29, 0.717) is 33.3 Å². The van der Waals surface area contributed by atoms with Gasteiger partial charge in [-0.05, 0) is 41.5 Å². The summed E-state index contributed by atoms with van der Waals surface area (Å²) >= 11 is 0. The number of phenolic OH excluding ortho intramolecular Hbond substituents is 1. The number of carbonyl (C=O) groups excluding carboxylic acids is 1. The first-order chi connectivity index (χ1) is 12.5. The molecule has 0 spiro atoms. The van der Waals surface area contributed by atoms with Gasteiger partial charge in [-0.2, -0.15) is 0 Å². The summed E-state index contributed by atoms with van der Waals surface area (Å²) in [6, 6.07) is 10.8. The minimum absolute atomic E-state index is 0.0266. The number of benzene rings is 2. The standard InChI is InChI=1S/C20H12F2N2O2/c21-13-6-12(7-14(22)9-13)16-4-5-23-20-18(16)17(10-24-20)19(26)11-2-1-3-15(25)8-11/h1-10,25H,(H,23,24).